The zero-order valence-electron chi connectivity index (χ0n) is 11.3. The molecule has 3 N–H and O–H groups in total. The maximum atomic E-state index is 4.39. The molecule has 5 heteroatoms. The van der Waals surface area contributed by atoms with E-state index in [2.05, 4.69) is 25.9 Å². The van der Waals surface area contributed by atoms with Gasteiger partial charge in [-0.25, -0.2) is 9.97 Å². The molecular formula is C13H23N5. The van der Waals surface area contributed by atoms with Crippen molar-refractivity contribution < 1.29 is 0 Å². The highest BCUT2D eigenvalue weighted by Crippen LogP contribution is 2.16. The number of aromatic nitrogens is 2. The summed E-state index contributed by atoms with van der Waals surface area (Å²) in [5, 5.41) is 9.84. The monoisotopic (exact) mass is 249 g/mol. The van der Waals surface area contributed by atoms with Gasteiger partial charge in [0.15, 0.2) is 0 Å². The molecule has 1 aliphatic heterocycles. The maximum Gasteiger partial charge on any atom is 0.131 e. The van der Waals surface area contributed by atoms with Crippen molar-refractivity contribution in [2.75, 3.05) is 37.3 Å². The van der Waals surface area contributed by atoms with Crippen LogP contribution in [0.5, 0.6) is 0 Å². The Labute approximate surface area is 109 Å². The normalized spacial score (nSPS) is 16.6. The molecule has 5 nitrogen and oxygen atoms in total. The van der Waals surface area contributed by atoms with E-state index in [1.807, 2.05) is 20.0 Å². The first-order valence-corrected chi connectivity index (χ1v) is 6.76. The van der Waals surface area contributed by atoms with Crippen LogP contribution < -0.4 is 16.0 Å². The van der Waals surface area contributed by atoms with Gasteiger partial charge < -0.3 is 16.0 Å². The van der Waals surface area contributed by atoms with Crippen LogP contribution in [0.2, 0.25) is 0 Å². The molecule has 1 aromatic heterocycles. The number of hydrogen-bond donors (Lipinski definition) is 3. The molecule has 2 rings (SSSR count). The van der Waals surface area contributed by atoms with Crippen molar-refractivity contribution in [3.8, 4) is 0 Å². The fraction of sp³-hybridized carbons (Fsp3) is 0.692. The first-order chi connectivity index (χ1) is 8.78. The molecule has 1 fully saturated rings. The summed E-state index contributed by atoms with van der Waals surface area (Å²) in [5.41, 5.74) is 0. The average molecular weight is 249 g/mol. The Bertz CT molecular complexity index is 374. The van der Waals surface area contributed by atoms with Gasteiger partial charge in [0.05, 0.1) is 0 Å². The molecular weight excluding hydrogens is 226 g/mol. The smallest absolute Gasteiger partial charge is 0.131 e. The third kappa shape index (κ3) is 3.84. The predicted octanol–water partition coefficient (Wildman–Crippen LogP) is 1.63. The molecule has 0 amide bonds. The third-order valence-corrected chi connectivity index (χ3v) is 3.41. The topological polar surface area (TPSA) is 61.9 Å². The summed E-state index contributed by atoms with van der Waals surface area (Å²) in [7, 11) is 1.88. The highest BCUT2D eigenvalue weighted by Gasteiger charge is 2.12. The fourth-order valence-electron chi connectivity index (χ4n) is 2.36. The number of aryl methyl sites for hydroxylation is 1. The maximum absolute atomic E-state index is 4.39. The van der Waals surface area contributed by atoms with E-state index in [0.717, 1.165) is 29.9 Å². The second-order valence-corrected chi connectivity index (χ2v) is 4.84. The lowest BCUT2D eigenvalue weighted by Gasteiger charge is -2.22. The minimum atomic E-state index is 0.797. The van der Waals surface area contributed by atoms with Gasteiger partial charge in [0.2, 0.25) is 0 Å². The molecule has 0 aliphatic carbocycles. The molecule has 0 bridgehead atoms. The zero-order valence-corrected chi connectivity index (χ0v) is 11.3. The van der Waals surface area contributed by atoms with Crippen LogP contribution in [0.4, 0.5) is 11.6 Å². The SMILES string of the molecule is CNc1cc(NCCC2CCNCC2)nc(C)n1. The van der Waals surface area contributed by atoms with Gasteiger partial charge in [0.25, 0.3) is 0 Å². The van der Waals surface area contributed by atoms with E-state index >= 15 is 0 Å². The minimum Gasteiger partial charge on any atom is -0.373 e. The van der Waals surface area contributed by atoms with Crippen LogP contribution in [0.3, 0.4) is 0 Å². The molecule has 0 radical (unpaired) electrons. The third-order valence-electron chi connectivity index (χ3n) is 3.41. The minimum absolute atomic E-state index is 0.797. The first kappa shape index (κ1) is 13.1. The van der Waals surface area contributed by atoms with Gasteiger partial charge in [-0.05, 0) is 45.2 Å². The lowest BCUT2D eigenvalue weighted by atomic mass is 9.95. The molecule has 1 saturated heterocycles. The molecule has 18 heavy (non-hydrogen) atoms. The Morgan fingerprint density at radius 3 is 2.72 bits per heavy atom. The van der Waals surface area contributed by atoms with Crippen LogP contribution in [0.15, 0.2) is 6.07 Å². The summed E-state index contributed by atoms with van der Waals surface area (Å²) in [4.78, 5) is 8.67. The Hall–Kier alpha value is -1.36. The second-order valence-electron chi connectivity index (χ2n) is 4.84. The molecule has 1 aliphatic rings. The van der Waals surface area contributed by atoms with Crippen LogP contribution in [0.25, 0.3) is 0 Å². The van der Waals surface area contributed by atoms with E-state index in [1.54, 1.807) is 0 Å². The fourth-order valence-corrected chi connectivity index (χ4v) is 2.36. The van der Waals surface area contributed by atoms with Crippen molar-refractivity contribution in [3.05, 3.63) is 11.9 Å². The van der Waals surface area contributed by atoms with Crippen molar-refractivity contribution in [3.63, 3.8) is 0 Å². The molecule has 0 saturated carbocycles. The lowest BCUT2D eigenvalue weighted by Crippen LogP contribution is -2.28. The summed E-state index contributed by atoms with van der Waals surface area (Å²) in [6.45, 7) is 5.24. The van der Waals surface area contributed by atoms with Crippen LogP contribution >= 0.6 is 0 Å². The molecule has 100 valence electrons. The van der Waals surface area contributed by atoms with Crippen molar-refractivity contribution in [2.24, 2.45) is 5.92 Å². The van der Waals surface area contributed by atoms with Gasteiger partial charge in [0.1, 0.15) is 17.5 Å². The van der Waals surface area contributed by atoms with Crippen molar-refractivity contribution >= 4 is 11.6 Å². The van der Waals surface area contributed by atoms with Gasteiger partial charge in [-0.3, -0.25) is 0 Å². The number of anilines is 2. The zero-order chi connectivity index (χ0) is 12.8. The quantitative estimate of drug-likeness (QED) is 0.740. The van der Waals surface area contributed by atoms with Crippen LogP contribution in [-0.2, 0) is 0 Å². The molecule has 0 unspecified atom stereocenters. The second kappa shape index (κ2) is 6.54. The summed E-state index contributed by atoms with van der Waals surface area (Å²) >= 11 is 0. The Morgan fingerprint density at radius 1 is 1.28 bits per heavy atom. The van der Waals surface area contributed by atoms with Gasteiger partial charge in [-0.2, -0.15) is 0 Å². The Morgan fingerprint density at radius 2 is 2.00 bits per heavy atom. The van der Waals surface area contributed by atoms with Crippen molar-refractivity contribution in [1.29, 1.82) is 0 Å². The van der Waals surface area contributed by atoms with Crippen LogP contribution in [0, 0.1) is 12.8 Å². The number of rotatable bonds is 5. The van der Waals surface area contributed by atoms with E-state index in [0.29, 0.717) is 0 Å². The first-order valence-electron chi connectivity index (χ1n) is 6.76. The number of piperidine rings is 1. The van der Waals surface area contributed by atoms with E-state index in [9.17, 15) is 0 Å². The van der Waals surface area contributed by atoms with Crippen LogP contribution in [0.1, 0.15) is 25.1 Å². The van der Waals surface area contributed by atoms with E-state index < -0.39 is 0 Å². The highest BCUT2D eigenvalue weighted by atomic mass is 15.1. The van der Waals surface area contributed by atoms with Gasteiger partial charge >= 0.3 is 0 Å². The van der Waals surface area contributed by atoms with Gasteiger partial charge in [-0.15, -0.1) is 0 Å². The summed E-state index contributed by atoms with van der Waals surface area (Å²) in [6, 6.07) is 1.95. The predicted molar refractivity (Wildman–Crippen MR) is 75.0 cm³/mol. The number of nitrogens with zero attached hydrogens (tertiary/aromatic N) is 2. The molecule has 0 aromatic carbocycles. The Kier molecular flexibility index (Phi) is 4.75. The number of hydrogen-bond acceptors (Lipinski definition) is 5. The lowest BCUT2D eigenvalue weighted by molar-refractivity contribution is 0.361. The number of nitrogens with one attached hydrogen (secondary N) is 3. The Balaban J connectivity index is 1.80. The summed E-state index contributed by atoms with van der Waals surface area (Å²) in [6.07, 6.45) is 3.82. The average Bonchev–Trinajstić information content (AvgIpc) is 2.39. The largest absolute Gasteiger partial charge is 0.373 e. The van der Waals surface area contributed by atoms with Gasteiger partial charge in [-0.1, -0.05) is 0 Å². The van der Waals surface area contributed by atoms with Crippen LogP contribution in [-0.4, -0.2) is 36.6 Å². The molecule has 0 atom stereocenters. The van der Waals surface area contributed by atoms with E-state index in [-0.39, 0.29) is 0 Å². The van der Waals surface area contributed by atoms with Crippen molar-refractivity contribution in [2.45, 2.75) is 26.2 Å². The molecule has 2 heterocycles. The molecule has 1 aromatic rings. The molecule has 0 spiro atoms. The van der Waals surface area contributed by atoms with E-state index in [1.165, 1.54) is 32.4 Å². The van der Waals surface area contributed by atoms with E-state index in [4.69, 9.17) is 0 Å². The summed E-state index contributed by atoms with van der Waals surface area (Å²) in [5.74, 6) is 3.43. The van der Waals surface area contributed by atoms with Gasteiger partial charge in [0, 0.05) is 19.7 Å². The highest BCUT2D eigenvalue weighted by molar-refractivity contribution is 5.46. The standard InChI is InChI=1S/C13H23N5/c1-10-17-12(14-2)9-13(18-10)16-8-5-11-3-6-15-7-4-11/h9,11,15H,3-8H2,1-2H3,(H2,14,16,17,18). The summed E-state index contributed by atoms with van der Waals surface area (Å²) < 4.78 is 0. The van der Waals surface area contributed by atoms with Crippen molar-refractivity contribution in [1.82, 2.24) is 15.3 Å².